The van der Waals surface area contributed by atoms with Crippen molar-refractivity contribution in [2.24, 2.45) is 5.92 Å². The third kappa shape index (κ3) is 4.18. The van der Waals surface area contributed by atoms with Gasteiger partial charge in [-0.2, -0.15) is 0 Å². The molecule has 2 atom stereocenters. The summed E-state index contributed by atoms with van der Waals surface area (Å²) in [5, 5.41) is 13.2. The molecule has 0 radical (unpaired) electrons. The molecule has 122 valence electrons. The van der Waals surface area contributed by atoms with Crippen LogP contribution in [0.4, 0.5) is 0 Å². The van der Waals surface area contributed by atoms with Crippen LogP contribution < -0.4 is 5.32 Å². The van der Waals surface area contributed by atoms with Crippen LogP contribution in [0, 0.1) is 5.92 Å². The molecular formula is C16H30N2O3. The van der Waals surface area contributed by atoms with Gasteiger partial charge in [-0.3, -0.25) is 9.69 Å². The molecule has 1 saturated carbocycles. The van der Waals surface area contributed by atoms with E-state index in [1.54, 1.807) is 0 Å². The van der Waals surface area contributed by atoms with Crippen LogP contribution in [0.3, 0.4) is 0 Å². The van der Waals surface area contributed by atoms with Crippen molar-refractivity contribution in [1.29, 1.82) is 0 Å². The van der Waals surface area contributed by atoms with Crippen LogP contribution in [-0.4, -0.2) is 60.4 Å². The molecule has 5 nitrogen and oxygen atoms in total. The number of likely N-dealkylation sites (tertiary alicyclic amines) is 1. The van der Waals surface area contributed by atoms with Crippen LogP contribution in [0.25, 0.3) is 0 Å². The Labute approximate surface area is 128 Å². The van der Waals surface area contributed by atoms with Gasteiger partial charge in [-0.15, -0.1) is 0 Å². The van der Waals surface area contributed by atoms with Gasteiger partial charge >= 0.3 is 5.97 Å². The average Bonchev–Trinajstić information content (AvgIpc) is 3.29. The normalized spacial score (nSPS) is 26.5. The first-order valence-electron chi connectivity index (χ1n) is 8.44. The van der Waals surface area contributed by atoms with Crippen LogP contribution in [0.1, 0.15) is 46.0 Å². The van der Waals surface area contributed by atoms with Crippen LogP contribution in [0.2, 0.25) is 0 Å². The standard InChI is InChI=1S/C16H30N2O3/c1-3-9-17-16(15(19)20,13-7-8-13)12-18-10-5-6-14(11-18)21-4-2/h13-14,17H,3-12H2,1-2H3,(H,19,20). The van der Waals surface area contributed by atoms with Crippen LogP contribution in [0.5, 0.6) is 0 Å². The molecule has 21 heavy (non-hydrogen) atoms. The molecule has 0 aromatic carbocycles. The second-order valence-corrected chi connectivity index (χ2v) is 6.43. The molecule has 1 aliphatic carbocycles. The SMILES string of the molecule is CCCNC(CN1CCCC(OCC)C1)(C(=O)O)C1CC1. The fourth-order valence-electron chi connectivity index (χ4n) is 3.45. The third-order valence-electron chi connectivity index (χ3n) is 4.68. The van der Waals surface area contributed by atoms with Gasteiger partial charge in [0.15, 0.2) is 0 Å². The van der Waals surface area contributed by atoms with Crippen molar-refractivity contribution in [2.75, 3.05) is 32.8 Å². The highest BCUT2D eigenvalue weighted by molar-refractivity contribution is 5.80. The molecule has 2 aliphatic rings. The number of carbonyl (C=O) groups is 1. The minimum Gasteiger partial charge on any atom is -0.480 e. The molecule has 2 unspecified atom stereocenters. The number of ether oxygens (including phenoxy) is 1. The summed E-state index contributed by atoms with van der Waals surface area (Å²) in [6.07, 6.45) is 5.48. The highest BCUT2D eigenvalue weighted by Crippen LogP contribution is 2.41. The summed E-state index contributed by atoms with van der Waals surface area (Å²) in [5.74, 6) is -0.397. The largest absolute Gasteiger partial charge is 0.480 e. The molecule has 0 amide bonds. The van der Waals surface area contributed by atoms with E-state index in [-0.39, 0.29) is 12.0 Å². The summed E-state index contributed by atoms with van der Waals surface area (Å²) in [5.41, 5.74) is -0.760. The molecule has 0 spiro atoms. The Morgan fingerprint density at radius 3 is 2.71 bits per heavy atom. The van der Waals surface area contributed by atoms with Crippen LogP contribution >= 0.6 is 0 Å². The van der Waals surface area contributed by atoms with Gasteiger partial charge in [0, 0.05) is 19.7 Å². The Bertz CT molecular complexity index is 344. The van der Waals surface area contributed by atoms with Gasteiger partial charge in [0.1, 0.15) is 5.54 Å². The third-order valence-corrected chi connectivity index (χ3v) is 4.68. The van der Waals surface area contributed by atoms with E-state index < -0.39 is 11.5 Å². The Balaban J connectivity index is 2.01. The van der Waals surface area contributed by atoms with E-state index in [2.05, 4.69) is 17.1 Å². The summed E-state index contributed by atoms with van der Waals surface area (Å²) in [6.45, 7) is 8.07. The van der Waals surface area contributed by atoms with E-state index in [0.717, 1.165) is 58.3 Å². The zero-order chi connectivity index (χ0) is 15.3. The van der Waals surface area contributed by atoms with Crippen LogP contribution in [0.15, 0.2) is 0 Å². The van der Waals surface area contributed by atoms with Gasteiger partial charge in [0.25, 0.3) is 0 Å². The van der Waals surface area contributed by atoms with Gasteiger partial charge < -0.3 is 15.2 Å². The van der Waals surface area contributed by atoms with Gasteiger partial charge in [0.05, 0.1) is 6.10 Å². The van der Waals surface area contributed by atoms with Gasteiger partial charge in [-0.1, -0.05) is 6.92 Å². The minimum atomic E-state index is -0.760. The molecule has 5 heteroatoms. The fraction of sp³-hybridized carbons (Fsp3) is 0.938. The van der Waals surface area contributed by atoms with E-state index in [1.165, 1.54) is 0 Å². The predicted molar refractivity (Wildman–Crippen MR) is 82.5 cm³/mol. The van der Waals surface area contributed by atoms with Crippen molar-refractivity contribution in [3.63, 3.8) is 0 Å². The monoisotopic (exact) mass is 298 g/mol. The molecular weight excluding hydrogens is 268 g/mol. The first kappa shape index (κ1) is 16.7. The lowest BCUT2D eigenvalue weighted by atomic mass is 9.91. The van der Waals surface area contributed by atoms with Gasteiger partial charge in [-0.25, -0.2) is 0 Å². The van der Waals surface area contributed by atoms with Crippen molar-refractivity contribution in [2.45, 2.75) is 57.6 Å². The van der Waals surface area contributed by atoms with E-state index in [9.17, 15) is 9.90 Å². The summed E-state index contributed by atoms with van der Waals surface area (Å²) < 4.78 is 5.74. The quantitative estimate of drug-likeness (QED) is 0.679. The number of piperidine rings is 1. The second kappa shape index (κ2) is 7.56. The molecule has 0 bridgehead atoms. The highest BCUT2D eigenvalue weighted by Gasteiger charge is 2.51. The summed E-state index contributed by atoms with van der Waals surface area (Å²) >= 11 is 0. The fourth-order valence-corrected chi connectivity index (χ4v) is 3.45. The molecule has 2 N–H and O–H groups in total. The molecule has 1 aliphatic heterocycles. The summed E-state index contributed by atoms with van der Waals surface area (Å²) in [6, 6.07) is 0. The van der Waals surface area contributed by atoms with E-state index >= 15 is 0 Å². The van der Waals surface area contributed by atoms with E-state index in [1.807, 2.05) is 6.92 Å². The molecule has 0 aromatic heterocycles. The van der Waals surface area contributed by atoms with Gasteiger partial charge in [0.2, 0.25) is 0 Å². The topological polar surface area (TPSA) is 61.8 Å². The van der Waals surface area contributed by atoms with Crippen molar-refractivity contribution >= 4 is 5.97 Å². The Morgan fingerprint density at radius 1 is 1.38 bits per heavy atom. The Morgan fingerprint density at radius 2 is 2.14 bits per heavy atom. The number of hydrogen-bond acceptors (Lipinski definition) is 4. The first-order valence-corrected chi connectivity index (χ1v) is 8.44. The Kier molecular flexibility index (Phi) is 6.02. The molecule has 2 rings (SSSR count). The lowest BCUT2D eigenvalue weighted by Crippen LogP contribution is -2.62. The highest BCUT2D eigenvalue weighted by atomic mass is 16.5. The summed E-state index contributed by atoms with van der Waals surface area (Å²) in [7, 11) is 0. The molecule has 1 saturated heterocycles. The number of aliphatic carboxylic acids is 1. The summed E-state index contributed by atoms with van der Waals surface area (Å²) in [4.78, 5) is 14.3. The maximum Gasteiger partial charge on any atom is 0.325 e. The van der Waals surface area contributed by atoms with Crippen molar-refractivity contribution < 1.29 is 14.6 Å². The van der Waals surface area contributed by atoms with Crippen LogP contribution in [-0.2, 0) is 9.53 Å². The van der Waals surface area contributed by atoms with E-state index in [4.69, 9.17) is 4.74 Å². The molecule has 0 aromatic rings. The van der Waals surface area contributed by atoms with Gasteiger partial charge in [-0.05, 0) is 58.0 Å². The van der Waals surface area contributed by atoms with E-state index in [0.29, 0.717) is 6.54 Å². The second-order valence-electron chi connectivity index (χ2n) is 6.43. The van der Waals surface area contributed by atoms with Crippen molar-refractivity contribution in [3.8, 4) is 0 Å². The zero-order valence-electron chi connectivity index (χ0n) is 13.4. The minimum absolute atomic E-state index is 0.264. The first-order chi connectivity index (χ1) is 10.1. The predicted octanol–water partition coefficient (Wildman–Crippen LogP) is 1.72. The number of carboxylic acid groups (broad SMARTS) is 1. The lowest BCUT2D eigenvalue weighted by Gasteiger charge is -2.40. The number of nitrogens with one attached hydrogen (secondary N) is 1. The number of rotatable bonds is 9. The maximum atomic E-state index is 12.0. The number of carboxylic acids is 1. The maximum absolute atomic E-state index is 12.0. The smallest absolute Gasteiger partial charge is 0.325 e. The Hall–Kier alpha value is -0.650. The molecule has 1 heterocycles. The average molecular weight is 298 g/mol. The number of hydrogen-bond donors (Lipinski definition) is 2. The zero-order valence-corrected chi connectivity index (χ0v) is 13.4. The van der Waals surface area contributed by atoms with Crippen molar-refractivity contribution in [3.05, 3.63) is 0 Å². The number of nitrogens with zero attached hydrogens (tertiary/aromatic N) is 1. The molecule has 2 fully saturated rings. The lowest BCUT2D eigenvalue weighted by molar-refractivity contribution is -0.147. The van der Waals surface area contributed by atoms with Crippen molar-refractivity contribution in [1.82, 2.24) is 10.2 Å².